The average Bonchev–Trinajstić information content (AvgIpc) is 2.17. The fourth-order valence-electron chi connectivity index (χ4n) is 1.03. The van der Waals surface area contributed by atoms with Gasteiger partial charge in [0.25, 0.3) is 0 Å². The molecule has 0 saturated heterocycles. The summed E-state index contributed by atoms with van der Waals surface area (Å²) in [6.45, 7) is -0.131. The van der Waals surface area contributed by atoms with Gasteiger partial charge in [0.2, 0.25) is 0 Å². The molecule has 1 aromatic rings. The minimum absolute atomic E-state index is 0. The smallest absolute Gasteiger partial charge is 0.160 e. The van der Waals surface area contributed by atoms with Crippen molar-refractivity contribution in [1.82, 2.24) is 0 Å². The normalized spacial score (nSPS) is 11.6. The molecule has 1 atom stereocenters. The monoisotopic (exact) mass is 219 g/mol. The van der Waals surface area contributed by atoms with Crippen molar-refractivity contribution in [2.24, 2.45) is 5.73 Å². The van der Waals surface area contributed by atoms with Gasteiger partial charge in [0, 0.05) is 0 Å². The van der Waals surface area contributed by atoms with E-state index >= 15 is 0 Å². The molecule has 1 rings (SSSR count). The number of aliphatic hydroxyl groups is 1. The third kappa shape index (κ3) is 2.77. The number of benzene rings is 1. The van der Waals surface area contributed by atoms with Crippen LogP contribution < -0.4 is 10.5 Å². The van der Waals surface area contributed by atoms with Crippen LogP contribution >= 0.6 is 12.4 Å². The van der Waals surface area contributed by atoms with Crippen LogP contribution in [-0.4, -0.2) is 23.9 Å². The molecule has 0 unspecified atom stereocenters. The molecule has 4 nitrogen and oxygen atoms in total. The molecule has 5 heteroatoms. The first kappa shape index (κ1) is 13.0. The molecular weight excluding hydrogens is 206 g/mol. The van der Waals surface area contributed by atoms with Crippen LogP contribution in [0.1, 0.15) is 11.6 Å². The van der Waals surface area contributed by atoms with Gasteiger partial charge in [-0.25, -0.2) is 0 Å². The Morgan fingerprint density at radius 1 is 1.50 bits per heavy atom. The number of hydrogen-bond acceptors (Lipinski definition) is 4. The first-order chi connectivity index (χ1) is 6.19. The van der Waals surface area contributed by atoms with E-state index in [0.29, 0.717) is 5.75 Å². The minimum atomic E-state index is -0.436. The molecule has 0 aliphatic rings. The highest BCUT2D eigenvalue weighted by Crippen LogP contribution is 2.27. The summed E-state index contributed by atoms with van der Waals surface area (Å²) >= 11 is 0. The van der Waals surface area contributed by atoms with Crippen LogP contribution in [0.2, 0.25) is 0 Å². The molecule has 4 N–H and O–H groups in total. The van der Waals surface area contributed by atoms with Gasteiger partial charge >= 0.3 is 0 Å². The van der Waals surface area contributed by atoms with Gasteiger partial charge in [0.15, 0.2) is 11.5 Å². The van der Waals surface area contributed by atoms with Crippen molar-refractivity contribution >= 4 is 12.4 Å². The van der Waals surface area contributed by atoms with Crippen molar-refractivity contribution in [2.75, 3.05) is 13.7 Å². The Balaban J connectivity index is 0.00000169. The quantitative estimate of drug-likeness (QED) is 0.704. The first-order valence-electron chi connectivity index (χ1n) is 3.92. The lowest BCUT2D eigenvalue weighted by molar-refractivity contribution is 0.267. The molecule has 80 valence electrons. The Morgan fingerprint density at radius 3 is 2.64 bits per heavy atom. The number of phenolic OH excluding ortho intramolecular Hbond substituents is 1. The summed E-state index contributed by atoms with van der Waals surface area (Å²) in [5, 5.41) is 18.1. The van der Waals surface area contributed by atoms with Crippen LogP contribution in [0.25, 0.3) is 0 Å². The van der Waals surface area contributed by atoms with Crippen LogP contribution in [0.15, 0.2) is 18.2 Å². The van der Waals surface area contributed by atoms with E-state index in [1.54, 1.807) is 12.1 Å². The van der Waals surface area contributed by atoms with Crippen LogP contribution in [0, 0.1) is 0 Å². The van der Waals surface area contributed by atoms with E-state index in [2.05, 4.69) is 0 Å². The molecule has 1 aromatic carbocycles. The number of rotatable bonds is 3. The predicted molar refractivity (Wildman–Crippen MR) is 55.9 cm³/mol. The summed E-state index contributed by atoms with van der Waals surface area (Å²) in [6, 6.07) is 4.31. The Morgan fingerprint density at radius 2 is 2.14 bits per heavy atom. The lowest BCUT2D eigenvalue weighted by Gasteiger charge is -2.10. The van der Waals surface area contributed by atoms with Crippen molar-refractivity contribution in [3.63, 3.8) is 0 Å². The number of phenols is 1. The minimum Gasteiger partial charge on any atom is -0.504 e. The van der Waals surface area contributed by atoms with Crippen LogP contribution in [0.5, 0.6) is 11.5 Å². The molecule has 0 saturated carbocycles. The second-order valence-corrected chi connectivity index (χ2v) is 2.72. The summed E-state index contributed by atoms with van der Waals surface area (Å²) in [5.41, 5.74) is 6.31. The number of methoxy groups -OCH3 is 1. The largest absolute Gasteiger partial charge is 0.504 e. The van der Waals surface area contributed by atoms with E-state index in [4.69, 9.17) is 15.6 Å². The molecular formula is C9H14ClNO3. The SMILES string of the molecule is COc1cc([C@H](N)CO)ccc1O.Cl. The van der Waals surface area contributed by atoms with Crippen molar-refractivity contribution in [3.05, 3.63) is 23.8 Å². The van der Waals surface area contributed by atoms with Crippen molar-refractivity contribution in [1.29, 1.82) is 0 Å². The van der Waals surface area contributed by atoms with E-state index < -0.39 is 6.04 Å². The topological polar surface area (TPSA) is 75.7 Å². The van der Waals surface area contributed by atoms with E-state index in [9.17, 15) is 5.11 Å². The Kier molecular flexibility index (Phi) is 5.30. The third-order valence-electron chi connectivity index (χ3n) is 1.83. The number of aromatic hydroxyl groups is 1. The van der Waals surface area contributed by atoms with Crippen LogP contribution in [0.3, 0.4) is 0 Å². The van der Waals surface area contributed by atoms with E-state index in [0.717, 1.165) is 5.56 Å². The molecule has 0 bridgehead atoms. The van der Waals surface area contributed by atoms with E-state index in [1.807, 2.05) is 0 Å². The van der Waals surface area contributed by atoms with Gasteiger partial charge < -0.3 is 20.7 Å². The lowest BCUT2D eigenvalue weighted by Crippen LogP contribution is -2.14. The second kappa shape index (κ2) is 5.70. The molecule has 0 spiro atoms. The average molecular weight is 220 g/mol. The third-order valence-corrected chi connectivity index (χ3v) is 1.83. The summed E-state index contributed by atoms with van der Waals surface area (Å²) in [7, 11) is 1.46. The van der Waals surface area contributed by atoms with Crippen LogP contribution in [-0.2, 0) is 0 Å². The molecule has 0 amide bonds. The maximum Gasteiger partial charge on any atom is 0.160 e. The highest BCUT2D eigenvalue weighted by atomic mass is 35.5. The highest BCUT2D eigenvalue weighted by molar-refractivity contribution is 5.85. The molecule has 0 heterocycles. The van der Waals surface area contributed by atoms with Gasteiger partial charge in [-0.05, 0) is 17.7 Å². The standard InChI is InChI=1S/C9H13NO3.ClH/c1-13-9-4-6(7(10)5-11)2-3-8(9)12;/h2-4,7,11-12H,5,10H2,1H3;1H/t7-;/m1./s1. The van der Waals surface area contributed by atoms with Crippen molar-refractivity contribution < 1.29 is 14.9 Å². The Labute approximate surface area is 88.7 Å². The van der Waals surface area contributed by atoms with Crippen molar-refractivity contribution in [2.45, 2.75) is 6.04 Å². The maximum atomic E-state index is 9.26. The number of hydrogen-bond donors (Lipinski definition) is 3. The summed E-state index contributed by atoms with van der Waals surface area (Å²) in [4.78, 5) is 0. The second-order valence-electron chi connectivity index (χ2n) is 2.72. The summed E-state index contributed by atoms with van der Waals surface area (Å²) < 4.78 is 4.89. The number of ether oxygens (including phenoxy) is 1. The zero-order valence-corrected chi connectivity index (χ0v) is 8.62. The maximum absolute atomic E-state index is 9.26. The fourth-order valence-corrected chi connectivity index (χ4v) is 1.03. The Bertz CT molecular complexity index is 293. The van der Waals surface area contributed by atoms with Gasteiger partial charge in [-0.15, -0.1) is 12.4 Å². The zero-order chi connectivity index (χ0) is 9.84. The van der Waals surface area contributed by atoms with Crippen molar-refractivity contribution in [3.8, 4) is 11.5 Å². The van der Waals surface area contributed by atoms with E-state index in [-0.39, 0.29) is 24.8 Å². The van der Waals surface area contributed by atoms with E-state index in [1.165, 1.54) is 13.2 Å². The lowest BCUT2D eigenvalue weighted by atomic mass is 10.1. The molecule has 0 aliphatic carbocycles. The number of halogens is 1. The molecule has 14 heavy (non-hydrogen) atoms. The van der Waals surface area contributed by atoms with Crippen LogP contribution in [0.4, 0.5) is 0 Å². The van der Waals surface area contributed by atoms with Gasteiger partial charge in [-0.2, -0.15) is 0 Å². The zero-order valence-electron chi connectivity index (χ0n) is 7.80. The molecule has 0 aromatic heterocycles. The molecule has 0 radical (unpaired) electrons. The summed E-state index contributed by atoms with van der Waals surface area (Å²) in [5.74, 6) is 0.429. The van der Waals surface area contributed by atoms with Gasteiger partial charge in [0.1, 0.15) is 0 Å². The molecule has 0 fully saturated rings. The predicted octanol–water partition coefficient (Wildman–Crippen LogP) is 0.815. The first-order valence-corrected chi connectivity index (χ1v) is 3.92. The van der Waals surface area contributed by atoms with Gasteiger partial charge in [-0.1, -0.05) is 6.07 Å². The Hall–Kier alpha value is -0.970. The molecule has 0 aliphatic heterocycles. The number of nitrogens with two attached hydrogens (primary N) is 1. The highest BCUT2D eigenvalue weighted by Gasteiger charge is 2.07. The fraction of sp³-hybridized carbons (Fsp3) is 0.333. The van der Waals surface area contributed by atoms with Gasteiger partial charge in [0.05, 0.1) is 19.8 Å². The number of aliphatic hydroxyl groups excluding tert-OH is 1. The summed E-state index contributed by atoms with van der Waals surface area (Å²) in [6.07, 6.45) is 0. The van der Waals surface area contributed by atoms with Gasteiger partial charge in [-0.3, -0.25) is 0 Å².